The third-order valence-corrected chi connectivity index (χ3v) is 4.02. The molecule has 0 fully saturated rings. The predicted octanol–water partition coefficient (Wildman–Crippen LogP) is 2.73. The Bertz CT molecular complexity index is 844. The minimum absolute atomic E-state index is 0.207. The Hall–Kier alpha value is -3.04. The lowest BCUT2D eigenvalue weighted by molar-refractivity contribution is -0.142. The van der Waals surface area contributed by atoms with Crippen LogP contribution in [0.2, 0.25) is 5.02 Å². The molecule has 0 aromatic heterocycles. The van der Waals surface area contributed by atoms with Gasteiger partial charge in [0.1, 0.15) is 11.8 Å². The first kappa shape index (κ1) is 19.3. The molecule has 6 nitrogen and oxygen atoms in total. The second kappa shape index (κ2) is 8.88. The van der Waals surface area contributed by atoms with Crippen molar-refractivity contribution < 1.29 is 19.1 Å². The van der Waals surface area contributed by atoms with E-state index >= 15 is 0 Å². The van der Waals surface area contributed by atoms with Gasteiger partial charge in [0.05, 0.1) is 30.9 Å². The highest BCUT2D eigenvalue weighted by Gasteiger charge is 2.23. The molecule has 0 saturated carbocycles. The van der Waals surface area contributed by atoms with Crippen molar-refractivity contribution in [3.8, 4) is 11.8 Å². The van der Waals surface area contributed by atoms with Gasteiger partial charge in [-0.05, 0) is 42.0 Å². The highest BCUT2D eigenvalue weighted by Crippen LogP contribution is 2.25. The molecule has 2 rings (SSSR count). The van der Waals surface area contributed by atoms with E-state index in [4.69, 9.17) is 26.3 Å². The van der Waals surface area contributed by atoms with E-state index < -0.39 is 17.9 Å². The van der Waals surface area contributed by atoms with Crippen LogP contribution in [0.4, 0.5) is 0 Å². The zero-order chi connectivity index (χ0) is 19.1. The van der Waals surface area contributed by atoms with E-state index in [0.717, 1.165) is 5.56 Å². The fraction of sp³-hybridized carbons (Fsp3) is 0.211. The number of nitriles is 1. The van der Waals surface area contributed by atoms with Crippen molar-refractivity contribution >= 4 is 23.5 Å². The molecule has 2 aromatic carbocycles. The Balaban J connectivity index is 2.16. The Kier molecular flexibility index (Phi) is 6.59. The van der Waals surface area contributed by atoms with Crippen molar-refractivity contribution in [1.82, 2.24) is 5.32 Å². The first-order valence-electron chi connectivity index (χ1n) is 7.69. The molecular formula is C19H17ClN2O4. The van der Waals surface area contributed by atoms with Crippen LogP contribution in [-0.4, -0.2) is 32.1 Å². The minimum Gasteiger partial charge on any atom is -0.495 e. The van der Waals surface area contributed by atoms with Crippen molar-refractivity contribution in [2.45, 2.75) is 12.5 Å². The molecule has 26 heavy (non-hydrogen) atoms. The van der Waals surface area contributed by atoms with E-state index in [9.17, 15) is 9.59 Å². The number of methoxy groups -OCH3 is 2. The summed E-state index contributed by atoms with van der Waals surface area (Å²) in [6.07, 6.45) is 0.207. The lowest BCUT2D eigenvalue weighted by atomic mass is 10.0. The summed E-state index contributed by atoms with van der Waals surface area (Å²) in [5, 5.41) is 11.9. The van der Waals surface area contributed by atoms with Crippen LogP contribution in [0.5, 0.6) is 5.75 Å². The molecule has 0 saturated heterocycles. The molecule has 0 unspecified atom stereocenters. The van der Waals surface area contributed by atoms with E-state index in [2.05, 4.69) is 5.32 Å². The molecule has 0 radical (unpaired) electrons. The number of nitrogens with zero attached hydrogens (tertiary/aromatic N) is 1. The topological polar surface area (TPSA) is 88.4 Å². The van der Waals surface area contributed by atoms with E-state index in [1.807, 2.05) is 6.07 Å². The summed E-state index contributed by atoms with van der Waals surface area (Å²) in [4.78, 5) is 24.4. The zero-order valence-corrected chi connectivity index (χ0v) is 15.0. The molecule has 0 bridgehead atoms. The lowest BCUT2D eigenvalue weighted by Crippen LogP contribution is -2.43. The van der Waals surface area contributed by atoms with Crippen LogP contribution < -0.4 is 10.1 Å². The third-order valence-electron chi connectivity index (χ3n) is 3.72. The summed E-state index contributed by atoms with van der Waals surface area (Å²) in [6, 6.07) is 12.3. The van der Waals surface area contributed by atoms with Gasteiger partial charge in [0, 0.05) is 12.0 Å². The summed E-state index contributed by atoms with van der Waals surface area (Å²) >= 11 is 6.10. The summed E-state index contributed by atoms with van der Waals surface area (Å²) < 4.78 is 9.88. The summed E-state index contributed by atoms with van der Waals surface area (Å²) in [6.45, 7) is 0. The Morgan fingerprint density at radius 3 is 2.42 bits per heavy atom. The van der Waals surface area contributed by atoms with Crippen LogP contribution in [0.3, 0.4) is 0 Å². The number of benzene rings is 2. The van der Waals surface area contributed by atoms with Gasteiger partial charge < -0.3 is 14.8 Å². The zero-order valence-electron chi connectivity index (χ0n) is 14.3. The van der Waals surface area contributed by atoms with Crippen LogP contribution in [0, 0.1) is 11.3 Å². The van der Waals surface area contributed by atoms with E-state index in [1.165, 1.54) is 38.5 Å². The average Bonchev–Trinajstić information content (AvgIpc) is 2.67. The van der Waals surface area contributed by atoms with Gasteiger partial charge in [0.15, 0.2) is 0 Å². The van der Waals surface area contributed by atoms with Gasteiger partial charge in [-0.2, -0.15) is 5.26 Å². The van der Waals surface area contributed by atoms with Gasteiger partial charge in [-0.25, -0.2) is 4.79 Å². The maximum Gasteiger partial charge on any atom is 0.328 e. The number of esters is 1. The van der Waals surface area contributed by atoms with Crippen LogP contribution in [0.25, 0.3) is 0 Å². The Morgan fingerprint density at radius 2 is 1.88 bits per heavy atom. The van der Waals surface area contributed by atoms with Crippen molar-refractivity contribution in [2.75, 3.05) is 14.2 Å². The lowest BCUT2D eigenvalue weighted by Gasteiger charge is -2.17. The molecule has 2 aromatic rings. The van der Waals surface area contributed by atoms with Crippen LogP contribution in [0.1, 0.15) is 21.5 Å². The van der Waals surface area contributed by atoms with Crippen LogP contribution >= 0.6 is 11.6 Å². The van der Waals surface area contributed by atoms with E-state index in [0.29, 0.717) is 21.9 Å². The third kappa shape index (κ3) is 4.74. The van der Waals surface area contributed by atoms with Gasteiger partial charge in [-0.3, -0.25) is 4.79 Å². The summed E-state index contributed by atoms with van der Waals surface area (Å²) in [5.41, 5.74) is 1.52. The SMILES string of the molecule is COC(=O)[C@H](Cc1ccc(OC)c(Cl)c1)NC(=O)c1ccc(C#N)cc1. The average molecular weight is 373 g/mol. The van der Waals surface area contributed by atoms with Crippen LogP contribution in [-0.2, 0) is 16.0 Å². The Labute approximate surface area is 156 Å². The predicted molar refractivity (Wildman–Crippen MR) is 96.1 cm³/mol. The largest absolute Gasteiger partial charge is 0.495 e. The normalized spacial score (nSPS) is 11.2. The molecule has 1 N–H and O–H groups in total. The molecular weight excluding hydrogens is 356 g/mol. The number of rotatable bonds is 6. The molecule has 0 aliphatic carbocycles. The van der Waals surface area contributed by atoms with E-state index in [1.54, 1.807) is 18.2 Å². The molecule has 134 valence electrons. The first-order chi connectivity index (χ1) is 12.5. The van der Waals surface area contributed by atoms with Crippen molar-refractivity contribution in [1.29, 1.82) is 5.26 Å². The maximum atomic E-state index is 12.4. The van der Waals surface area contributed by atoms with Gasteiger partial charge >= 0.3 is 5.97 Å². The summed E-state index contributed by atoms with van der Waals surface area (Å²) in [5.74, 6) is -0.491. The summed E-state index contributed by atoms with van der Waals surface area (Å²) in [7, 11) is 2.76. The van der Waals surface area contributed by atoms with Crippen molar-refractivity contribution in [3.05, 3.63) is 64.2 Å². The first-order valence-corrected chi connectivity index (χ1v) is 8.07. The standard InChI is InChI=1S/C19H17ClN2O4/c1-25-17-8-5-13(9-15(17)20)10-16(19(24)26-2)22-18(23)14-6-3-12(11-21)4-7-14/h3-9,16H,10H2,1-2H3,(H,22,23)/t16-/m0/s1. The number of amides is 1. The fourth-order valence-corrected chi connectivity index (χ4v) is 2.63. The van der Waals surface area contributed by atoms with Crippen molar-refractivity contribution in [3.63, 3.8) is 0 Å². The van der Waals surface area contributed by atoms with Gasteiger partial charge in [-0.15, -0.1) is 0 Å². The molecule has 0 aliphatic rings. The smallest absolute Gasteiger partial charge is 0.328 e. The quantitative estimate of drug-likeness (QED) is 0.787. The van der Waals surface area contributed by atoms with Crippen LogP contribution in [0.15, 0.2) is 42.5 Å². The highest BCUT2D eigenvalue weighted by atomic mass is 35.5. The fourth-order valence-electron chi connectivity index (χ4n) is 2.35. The number of nitrogens with one attached hydrogen (secondary N) is 1. The second-order valence-corrected chi connectivity index (χ2v) is 5.82. The molecule has 7 heteroatoms. The van der Waals surface area contributed by atoms with Gasteiger partial charge in [-0.1, -0.05) is 17.7 Å². The number of hydrogen-bond acceptors (Lipinski definition) is 5. The molecule has 1 atom stereocenters. The molecule has 0 spiro atoms. The Morgan fingerprint density at radius 1 is 1.19 bits per heavy atom. The van der Waals surface area contributed by atoms with Crippen molar-refractivity contribution in [2.24, 2.45) is 0 Å². The van der Waals surface area contributed by atoms with Gasteiger partial charge in [0.25, 0.3) is 5.91 Å². The molecule has 0 aliphatic heterocycles. The molecule has 0 heterocycles. The van der Waals surface area contributed by atoms with Gasteiger partial charge in [0.2, 0.25) is 0 Å². The van der Waals surface area contributed by atoms with E-state index in [-0.39, 0.29) is 6.42 Å². The number of ether oxygens (including phenoxy) is 2. The number of carbonyl (C=O) groups excluding carboxylic acids is 2. The number of hydrogen-bond donors (Lipinski definition) is 1. The number of carbonyl (C=O) groups is 2. The second-order valence-electron chi connectivity index (χ2n) is 5.41. The minimum atomic E-state index is -0.882. The number of halogens is 1. The maximum absolute atomic E-state index is 12.4. The molecule has 1 amide bonds. The highest BCUT2D eigenvalue weighted by molar-refractivity contribution is 6.32. The monoisotopic (exact) mass is 372 g/mol.